The molecule has 694 valence electrons. The number of nitrogens with zero attached hydrogens (tertiary/aromatic N) is 6. The second-order valence-electron chi connectivity index (χ2n) is 39.7. The highest BCUT2D eigenvalue weighted by Crippen LogP contribution is 2.56. The van der Waals surface area contributed by atoms with Gasteiger partial charge in [-0.1, -0.05) is 396 Å². The van der Waals surface area contributed by atoms with Crippen molar-refractivity contribution in [3.8, 4) is 141 Å². The molecule has 2 saturated carbocycles. The van der Waals surface area contributed by atoms with Crippen LogP contribution in [-0.4, -0.2) is 36.0 Å². The summed E-state index contributed by atoms with van der Waals surface area (Å²) >= 11 is 0. The average Bonchev–Trinajstić information content (AvgIpc) is 1.62. The van der Waals surface area contributed by atoms with Crippen LogP contribution in [0.25, 0.3) is 265 Å². The van der Waals surface area contributed by atoms with E-state index in [1.54, 1.807) is 0 Å². The number of benzene rings is 23. The largest absolute Gasteiger partial charge is 0.489 e. The Labute approximate surface area is 849 Å². The van der Waals surface area contributed by atoms with Crippen molar-refractivity contribution in [1.29, 1.82) is 0 Å². The first kappa shape index (κ1) is 86.4. The van der Waals surface area contributed by atoms with Crippen molar-refractivity contribution in [2.45, 2.75) is 50.5 Å². The van der Waals surface area contributed by atoms with Crippen LogP contribution in [0.15, 0.2) is 482 Å². The predicted octanol–water partition coefficient (Wildman–Crippen LogP) is 36.9. The third-order valence-corrected chi connectivity index (χ3v) is 30.9. The van der Waals surface area contributed by atoms with Crippen molar-refractivity contribution < 1.29 is 13.6 Å². The van der Waals surface area contributed by atoms with Crippen LogP contribution >= 0.6 is 0 Å². The normalized spacial score (nSPS) is 14.8. The standard InChI is InChI=1S/C48H30O.C45H37N3O.C45H27N3O/c1-2-11-31(12-3-1)38-25-39(36-22-21-32-13-4-5-14-33(32)23-36)27-40(26-38)45-29-41(24-37-17-8-9-18-42(37)45)43-19-10-20-44-46-28-34-15-6-7-16-35(34)30-47(46)49-48(43)44;1-2-11-29(12-3-1)43-46-44(48-45(47-43)38-18-8-15-28-10-6-7-16-36(28)38)35-23-21-32-24-34(22-20-33(32)25-35)37-17-9-19-40-42(37)39-26-30-13-4-5-14-31(30)27-41(39)49-40;1-2-10-30(11-3-1)43-46-44(36-20-17-28-9-4-5-12-31(28)23-36)48-45(47-43)37-16-8-15-29-18-19-34(24-38(29)37)35-21-22-41-39(26-35)40-25-32-13-6-7-14-33(32)27-42(40)49-41/h1-30H;1-3,6-12,15-25,30-31,39,41H,4-5,13-14,26-27H2;1-27H. The van der Waals surface area contributed by atoms with Gasteiger partial charge in [-0.15, -0.1) is 0 Å². The minimum absolute atomic E-state index is 0.332. The Morgan fingerprint density at radius 2 is 0.551 bits per heavy atom. The highest BCUT2D eigenvalue weighted by Gasteiger charge is 2.45. The first-order valence-electron chi connectivity index (χ1n) is 51.1. The van der Waals surface area contributed by atoms with Gasteiger partial charge >= 0.3 is 0 Å². The highest BCUT2D eigenvalue weighted by molar-refractivity contribution is 6.16. The summed E-state index contributed by atoms with van der Waals surface area (Å²) in [5.74, 6) is 7.26. The summed E-state index contributed by atoms with van der Waals surface area (Å²) < 4.78 is 19.6. The lowest BCUT2D eigenvalue weighted by atomic mass is 9.65. The topological polar surface area (TPSA) is 113 Å². The summed E-state index contributed by atoms with van der Waals surface area (Å²) in [4.78, 5) is 30.3. The summed E-state index contributed by atoms with van der Waals surface area (Å²) in [5.41, 5.74) is 25.1. The first-order valence-corrected chi connectivity index (χ1v) is 51.1. The molecular weight excluding hydrogens is 1790 g/mol. The van der Waals surface area contributed by atoms with Crippen LogP contribution in [0.1, 0.15) is 50.0 Å². The second kappa shape index (κ2) is 36.5. The van der Waals surface area contributed by atoms with Crippen LogP contribution in [0.5, 0.6) is 5.75 Å². The Bertz CT molecular complexity index is 9920. The van der Waals surface area contributed by atoms with E-state index in [9.17, 15) is 0 Å². The predicted molar refractivity (Wildman–Crippen MR) is 608 cm³/mol. The maximum Gasteiger partial charge on any atom is 0.164 e. The Hall–Kier alpha value is -18.4. The van der Waals surface area contributed by atoms with Gasteiger partial charge in [0.1, 0.15) is 34.2 Å². The van der Waals surface area contributed by atoms with Crippen LogP contribution in [0.4, 0.5) is 0 Å². The van der Waals surface area contributed by atoms with E-state index in [1.807, 2.05) is 48.5 Å². The Morgan fingerprint density at radius 1 is 0.184 bits per heavy atom. The van der Waals surface area contributed by atoms with Crippen LogP contribution in [-0.2, 0) is 0 Å². The number of para-hydroxylation sites is 1. The number of ether oxygens (including phenoxy) is 1. The molecule has 2 aliphatic carbocycles. The van der Waals surface area contributed by atoms with E-state index >= 15 is 0 Å². The molecule has 9 nitrogen and oxygen atoms in total. The minimum atomic E-state index is 0.332. The van der Waals surface area contributed by atoms with Crippen molar-refractivity contribution in [3.05, 3.63) is 479 Å². The maximum absolute atomic E-state index is 6.69. The lowest BCUT2D eigenvalue weighted by molar-refractivity contribution is 0.0657. The van der Waals surface area contributed by atoms with Gasteiger partial charge in [0.15, 0.2) is 34.9 Å². The number of aromatic nitrogens is 6. The van der Waals surface area contributed by atoms with E-state index in [0.29, 0.717) is 47.0 Å². The minimum Gasteiger partial charge on any atom is -0.489 e. The Balaban J connectivity index is 0.000000107. The molecule has 147 heavy (non-hydrogen) atoms. The van der Waals surface area contributed by atoms with Crippen molar-refractivity contribution in [3.63, 3.8) is 0 Å². The van der Waals surface area contributed by atoms with Crippen molar-refractivity contribution >= 4 is 130 Å². The van der Waals surface area contributed by atoms with E-state index in [-0.39, 0.29) is 0 Å². The van der Waals surface area contributed by atoms with Crippen molar-refractivity contribution in [1.82, 2.24) is 29.9 Å². The first-order chi connectivity index (χ1) is 72.7. The zero-order valence-corrected chi connectivity index (χ0v) is 80.5. The van der Waals surface area contributed by atoms with Gasteiger partial charge in [0.25, 0.3) is 0 Å². The lowest BCUT2D eigenvalue weighted by Gasteiger charge is -2.40. The van der Waals surface area contributed by atoms with Gasteiger partial charge in [0.05, 0.1) is 0 Å². The maximum atomic E-state index is 6.69. The molecule has 2 fully saturated rings. The zero-order valence-electron chi connectivity index (χ0n) is 80.5. The molecule has 0 saturated heterocycles. The van der Waals surface area contributed by atoms with Crippen LogP contribution in [0.3, 0.4) is 0 Å². The molecule has 5 heterocycles. The molecule has 4 aromatic heterocycles. The third kappa shape index (κ3) is 16.2. The van der Waals surface area contributed by atoms with Gasteiger partial charge in [-0.25, -0.2) is 29.9 Å². The molecule has 30 rings (SSSR count). The third-order valence-electron chi connectivity index (χ3n) is 30.9. The van der Waals surface area contributed by atoms with E-state index in [2.05, 4.69) is 425 Å². The Kier molecular flexibility index (Phi) is 21.5. The summed E-state index contributed by atoms with van der Waals surface area (Å²) in [6, 6.07) is 168. The molecular formula is C138H94N6O3. The molecule has 0 spiro atoms. The average molecular weight is 1880 g/mol. The van der Waals surface area contributed by atoms with Crippen molar-refractivity contribution in [2.24, 2.45) is 11.8 Å². The SMILES string of the molecule is c1ccc(-c2cc(-c3ccc4ccccc4c3)cc(-c3cc(-c4cccc5c4oc4cc6ccccc6cc45)cc4ccccc34)c2)cc1.c1ccc(-c2nc(-c3ccc4cc(-c5cccc6c5C5CC7CCCCC7CC5O6)ccc4c3)nc(-c3cccc4ccccc34)n2)cc1.c1ccc(-c2nc(-c3ccc4ccccc4c3)nc(-c3cccc4ccc(-c5ccc6oc7cc8ccccc8cc7c6c5)cc34)n2)cc1. The van der Waals surface area contributed by atoms with E-state index in [4.69, 9.17) is 43.5 Å². The highest BCUT2D eigenvalue weighted by atomic mass is 16.5. The van der Waals surface area contributed by atoms with Gasteiger partial charge in [-0.3, -0.25) is 0 Å². The van der Waals surface area contributed by atoms with Crippen molar-refractivity contribution in [2.75, 3.05) is 0 Å². The molecule has 3 aliphatic rings. The smallest absolute Gasteiger partial charge is 0.164 e. The monoisotopic (exact) mass is 1880 g/mol. The lowest BCUT2D eigenvalue weighted by Crippen LogP contribution is -2.35. The summed E-state index contributed by atoms with van der Waals surface area (Å²) in [6.07, 6.45) is 8.38. The van der Waals surface area contributed by atoms with E-state index in [1.165, 1.54) is 148 Å². The second-order valence-corrected chi connectivity index (χ2v) is 39.7. The van der Waals surface area contributed by atoms with Gasteiger partial charge < -0.3 is 13.6 Å². The molecule has 0 radical (unpaired) electrons. The number of fused-ring (bicyclic) bond motifs is 18. The van der Waals surface area contributed by atoms with Crippen LogP contribution < -0.4 is 4.74 Å². The summed E-state index contributed by atoms with van der Waals surface area (Å²) in [5, 5.41) is 23.4. The summed E-state index contributed by atoms with van der Waals surface area (Å²) in [7, 11) is 0. The van der Waals surface area contributed by atoms with E-state index < -0.39 is 0 Å². The molecule has 0 amide bonds. The quantitative estimate of drug-likeness (QED) is 0.118. The van der Waals surface area contributed by atoms with E-state index in [0.717, 1.165) is 144 Å². The fraction of sp³-hybridized carbons (Fsp3) is 0.0725. The molecule has 0 bridgehead atoms. The molecule has 1 aliphatic heterocycles. The van der Waals surface area contributed by atoms with Gasteiger partial charge in [0.2, 0.25) is 0 Å². The fourth-order valence-corrected chi connectivity index (χ4v) is 23.5. The zero-order chi connectivity index (χ0) is 96.9. The van der Waals surface area contributed by atoms with Gasteiger partial charge in [0, 0.05) is 72.0 Å². The molecule has 4 unspecified atom stereocenters. The Morgan fingerprint density at radius 3 is 1.17 bits per heavy atom. The number of furan rings is 2. The van der Waals surface area contributed by atoms with Crippen LogP contribution in [0, 0.1) is 11.8 Å². The van der Waals surface area contributed by atoms with Gasteiger partial charge in [-0.05, 0) is 275 Å². The summed E-state index contributed by atoms with van der Waals surface area (Å²) in [6.45, 7) is 0. The van der Waals surface area contributed by atoms with Crippen LogP contribution in [0.2, 0.25) is 0 Å². The fourth-order valence-electron chi connectivity index (χ4n) is 23.5. The molecule has 9 heteroatoms. The number of rotatable bonds is 12. The molecule has 0 N–H and O–H groups in total. The number of hydrogen-bond donors (Lipinski definition) is 0. The molecule has 4 atom stereocenters. The number of hydrogen-bond acceptors (Lipinski definition) is 9. The molecule has 23 aromatic carbocycles. The van der Waals surface area contributed by atoms with Gasteiger partial charge in [-0.2, -0.15) is 0 Å². The molecule has 27 aromatic rings.